The molecule has 0 saturated heterocycles. The summed E-state index contributed by atoms with van der Waals surface area (Å²) in [6, 6.07) is 14.5. The zero-order valence-electron chi connectivity index (χ0n) is 11.6. The Bertz CT molecular complexity index is 555. The van der Waals surface area contributed by atoms with Gasteiger partial charge in [-0.3, -0.25) is 0 Å². The van der Waals surface area contributed by atoms with E-state index in [0.29, 0.717) is 6.61 Å². The summed E-state index contributed by atoms with van der Waals surface area (Å²) in [5, 5.41) is 0. The van der Waals surface area contributed by atoms with Crippen molar-refractivity contribution in [3.05, 3.63) is 65.5 Å². The standard InChI is InChI=1S/C17H19FO/c1-17(2,3)14-7-5-9-16(11-14)19-12-13-6-4-8-15(18)10-13/h4-11H,12H2,1-3H3. The van der Waals surface area contributed by atoms with E-state index in [-0.39, 0.29) is 11.2 Å². The maximum atomic E-state index is 13.1. The molecule has 0 amide bonds. The van der Waals surface area contributed by atoms with Gasteiger partial charge in [-0.15, -0.1) is 0 Å². The monoisotopic (exact) mass is 258 g/mol. The van der Waals surface area contributed by atoms with Crippen molar-refractivity contribution in [2.24, 2.45) is 0 Å². The van der Waals surface area contributed by atoms with Crippen molar-refractivity contribution in [2.75, 3.05) is 0 Å². The van der Waals surface area contributed by atoms with Crippen molar-refractivity contribution in [2.45, 2.75) is 32.8 Å². The Kier molecular flexibility index (Phi) is 3.89. The lowest BCUT2D eigenvalue weighted by Crippen LogP contribution is -2.10. The minimum Gasteiger partial charge on any atom is -0.489 e. The van der Waals surface area contributed by atoms with Crippen molar-refractivity contribution in [1.29, 1.82) is 0 Å². The van der Waals surface area contributed by atoms with Crippen LogP contribution < -0.4 is 4.74 Å². The highest BCUT2D eigenvalue weighted by atomic mass is 19.1. The summed E-state index contributed by atoms with van der Waals surface area (Å²) in [6.07, 6.45) is 0. The fraction of sp³-hybridized carbons (Fsp3) is 0.294. The number of benzene rings is 2. The molecule has 0 unspecified atom stereocenters. The average molecular weight is 258 g/mol. The average Bonchev–Trinajstić information content (AvgIpc) is 2.36. The van der Waals surface area contributed by atoms with Crippen LogP contribution in [0, 0.1) is 5.82 Å². The van der Waals surface area contributed by atoms with E-state index in [4.69, 9.17) is 4.74 Å². The molecular weight excluding hydrogens is 239 g/mol. The Hall–Kier alpha value is -1.83. The molecule has 0 bridgehead atoms. The lowest BCUT2D eigenvalue weighted by atomic mass is 9.87. The molecule has 100 valence electrons. The van der Waals surface area contributed by atoms with Crippen LogP contribution in [0.4, 0.5) is 4.39 Å². The van der Waals surface area contributed by atoms with Gasteiger partial charge in [0.05, 0.1) is 0 Å². The van der Waals surface area contributed by atoms with Crippen LogP contribution in [0.15, 0.2) is 48.5 Å². The smallest absolute Gasteiger partial charge is 0.123 e. The van der Waals surface area contributed by atoms with Gasteiger partial charge in [0.2, 0.25) is 0 Å². The maximum absolute atomic E-state index is 13.1. The summed E-state index contributed by atoms with van der Waals surface area (Å²) in [7, 11) is 0. The molecule has 0 heterocycles. The second-order valence-electron chi connectivity index (χ2n) is 5.70. The molecule has 19 heavy (non-hydrogen) atoms. The molecule has 0 aliphatic carbocycles. The Morgan fingerprint density at radius 3 is 2.42 bits per heavy atom. The number of hydrogen-bond acceptors (Lipinski definition) is 1. The molecule has 0 aromatic heterocycles. The summed E-state index contributed by atoms with van der Waals surface area (Å²) in [6.45, 7) is 6.88. The Morgan fingerprint density at radius 2 is 1.74 bits per heavy atom. The van der Waals surface area contributed by atoms with Gasteiger partial charge in [-0.25, -0.2) is 4.39 Å². The molecule has 2 rings (SSSR count). The van der Waals surface area contributed by atoms with E-state index in [2.05, 4.69) is 26.8 Å². The van der Waals surface area contributed by atoms with E-state index in [1.165, 1.54) is 17.7 Å². The van der Waals surface area contributed by atoms with Gasteiger partial charge in [0.25, 0.3) is 0 Å². The molecule has 0 aliphatic rings. The summed E-state index contributed by atoms with van der Waals surface area (Å²) >= 11 is 0. The van der Waals surface area contributed by atoms with Crippen LogP contribution in [-0.2, 0) is 12.0 Å². The predicted octanol–water partition coefficient (Wildman–Crippen LogP) is 4.70. The first-order valence-electron chi connectivity index (χ1n) is 6.43. The normalized spacial score (nSPS) is 11.4. The van der Waals surface area contributed by atoms with Gasteiger partial charge in [0.15, 0.2) is 0 Å². The van der Waals surface area contributed by atoms with Gasteiger partial charge < -0.3 is 4.74 Å². The van der Waals surface area contributed by atoms with Crippen LogP contribution in [0.5, 0.6) is 5.75 Å². The number of rotatable bonds is 3. The third-order valence-corrected chi connectivity index (χ3v) is 2.99. The molecule has 2 aromatic rings. The van der Waals surface area contributed by atoms with E-state index in [1.54, 1.807) is 6.07 Å². The van der Waals surface area contributed by atoms with E-state index >= 15 is 0 Å². The number of halogens is 1. The van der Waals surface area contributed by atoms with Gasteiger partial charge in [0, 0.05) is 0 Å². The Morgan fingerprint density at radius 1 is 1.00 bits per heavy atom. The van der Waals surface area contributed by atoms with E-state index in [9.17, 15) is 4.39 Å². The van der Waals surface area contributed by atoms with Crippen molar-refractivity contribution < 1.29 is 9.13 Å². The molecule has 0 spiro atoms. The summed E-state index contributed by atoms with van der Waals surface area (Å²) in [5.74, 6) is 0.584. The van der Waals surface area contributed by atoms with Crippen LogP contribution in [0.3, 0.4) is 0 Å². The third-order valence-electron chi connectivity index (χ3n) is 2.99. The summed E-state index contributed by atoms with van der Waals surface area (Å²) in [4.78, 5) is 0. The maximum Gasteiger partial charge on any atom is 0.123 e. The summed E-state index contributed by atoms with van der Waals surface area (Å²) < 4.78 is 18.8. The van der Waals surface area contributed by atoms with Crippen molar-refractivity contribution in [1.82, 2.24) is 0 Å². The lowest BCUT2D eigenvalue weighted by Gasteiger charge is -2.19. The predicted molar refractivity (Wildman–Crippen MR) is 75.9 cm³/mol. The molecule has 0 saturated carbocycles. The third kappa shape index (κ3) is 3.82. The first-order chi connectivity index (χ1) is 8.95. The molecule has 0 aliphatic heterocycles. The van der Waals surface area contributed by atoms with Crippen LogP contribution in [0.1, 0.15) is 31.9 Å². The van der Waals surface area contributed by atoms with E-state index in [1.807, 2.05) is 24.3 Å². The largest absolute Gasteiger partial charge is 0.489 e. The van der Waals surface area contributed by atoms with Gasteiger partial charge in [0.1, 0.15) is 18.2 Å². The summed E-state index contributed by atoms with van der Waals surface area (Å²) in [5.41, 5.74) is 2.16. The molecular formula is C17H19FO. The first-order valence-corrected chi connectivity index (χ1v) is 6.43. The van der Waals surface area contributed by atoms with Gasteiger partial charge >= 0.3 is 0 Å². The molecule has 2 heteroatoms. The quantitative estimate of drug-likeness (QED) is 0.775. The van der Waals surface area contributed by atoms with Crippen molar-refractivity contribution in [3.63, 3.8) is 0 Å². The molecule has 0 N–H and O–H groups in total. The Balaban J connectivity index is 2.08. The zero-order valence-corrected chi connectivity index (χ0v) is 11.6. The van der Waals surface area contributed by atoms with Crippen molar-refractivity contribution in [3.8, 4) is 5.75 Å². The fourth-order valence-corrected chi connectivity index (χ4v) is 1.85. The topological polar surface area (TPSA) is 9.23 Å². The lowest BCUT2D eigenvalue weighted by molar-refractivity contribution is 0.304. The van der Waals surface area contributed by atoms with Crippen LogP contribution in [-0.4, -0.2) is 0 Å². The minimum atomic E-state index is -0.232. The van der Waals surface area contributed by atoms with Crippen LogP contribution in [0.2, 0.25) is 0 Å². The molecule has 0 atom stereocenters. The highest BCUT2D eigenvalue weighted by molar-refractivity contribution is 5.32. The second-order valence-corrected chi connectivity index (χ2v) is 5.70. The minimum absolute atomic E-state index is 0.0955. The zero-order chi connectivity index (χ0) is 13.9. The SMILES string of the molecule is CC(C)(C)c1cccc(OCc2cccc(F)c2)c1. The van der Waals surface area contributed by atoms with Crippen LogP contribution in [0.25, 0.3) is 0 Å². The fourth-order valence-electron chi connectivity index (χ4n) is 1.85. The highest BCUT2D eigenvalue weighted by Gasteiger charge is 2.13. The van der Waals surface area contributed by atoms with Gasteiger partial charge in [-0.2, -0.15) is 0 Å². The van der Waals surface area contributed by atoms with Crippen molar-refractivity contribution >= 4 is 0 Å². The van der Waals surface area contributed by atoms with Gasteiger partial charge in [-0.05, 0) is 40.8 Å². The molecule has 0 fully saturated rings. The number of hydrogen-bond donors (Lipinski definition) is 0. The van der Waals surface area contributed by atoms with E-state index in [0.717, 1.165) is 11.3 Å². The first kappa shape index (κ1) is 13.6. The Labute approximate surface area is 114 Å². The second kappa shape index (κ2) is 5.43. The molecule has 1 nitrogen and oxygen atoms in total. The number of ether oxygens (including phenoxy) is 1. The highest BCUT2D eigenvalue weighted by Crippen LogP contribution is 2.26. The van der Waals surface area contributed by atoms with Gasteiger partial charge in [-0.1, -0.05) is 45.0 Å². The molecule has 0 radical (unpaired) electrons. The van der Waals surface area contributed by atoms with Crippen LogP contribution >= 0.6 is 0 Å². The molecule has 2 aromatic carbocycles. The van der Waals surface area contributed by atoms with E-state index < -0.39 is 0 Å².